The maximum absolute atomic E-state index is 11.9. The second-order valence-corrected chi connectivity index (χ2v) is 9.51. The van der Waals surface area contributed by atoms with E-state index < -0.39 is 10.0 Å². The number of pyridine rings is 1. The molecular formula is C19H27N3O2S. The first-order valence-corrected chi connectivity index (χ1v) is 10.6. The molecule has 2 aromatic rings. The summed E-state index contributed by atoms with van der Waals surface area (Å²) in [7, 11) is -3.16. The Morgan fingerprint density at radius 2 is 1.80 bits per heavy atom. The molecule has 25 heavy (non-hydrogen) atoms. The van der Waals surface area contributed by atoms with Crippen molar-refractivity contribution in [2.45, 2.75) is 50.8 Å². The smallest absolute Gasteiger partial charge is 0.213 e. The van der Waals surface area contributed by atoms with Gasteiger partial charge in [0.15, 0.2) is 0 Å². The van der Waals surface area contributed by atoms with Crippen molar-refractivity contribution in [1.82, 2.24) is 9.71 Å². The van der Waals surface area contributed by atoms with Gasteiger partial charge in [0.05, 0.1) is 10.8 Å². The van der Waals surface area contributed by atoms with Crippen molar-refractivity contribution in [3.63, 3.8) is 0 Å². The summed E-state index contributed by atoms with van der Waals surface area (Å²) in [5, 5.41) is 4.31. The van der Waals surface area contributed by atoms with Gasteiger partial charge in [-0.2, -0.15) is 0 Å². The predicted molar refractivity (Wildman–Crippen MR) is 103 cm³/mol. The minimum Gasteiger partial charge on any atom is -0.367 e. The highest BCUT2D eigenvalue weighted by Gasteiger charge is 2.23. The minimum absolute atomic E-state index is 0.371. The van der Waals surface area contributed by atoms with Crippen molar-refractivity contribution in [3.05, 3.63) is 36.4 Å². The summed E-state index contributed by atoms with van der Waals surface area (Å²) in [6.45, 7) is 3.97. The molecule has 0 bridgehead atoms. The fourth-order valence-electron chi connectivity index (χ4n) is 3.27. The van der Waals surface area contributed by atoms with Gasteiger partial charge in [0.2, 0.25) is 10.0 Å². The summed E-state index contributed by atoms with van der Waals surface area (Å²) in [4.78, 5) is 4.67. The minimum atomic E-state index is -3.16. The Bertz CT molecular complexity index is 812. The van der Waals surface area contributed by atoms with E-state index in [9.17, 15) is 8.42 Å². The molecule has 136 valence electrons. The first-order valence-electron chi connectivity index (χ1n) is 9.05. The molecule has 1 saturated carbocycles. The van der Waals surface area contributed by atoms with Crippen molar-refractivity contribution in [2.24, 2.45) is 5.92 Å². The monoisotopic (exact) mass is 361 g/mol. The molecule has 1 heterocycles. The standard InChI is InChI=1S/C19H27N3O2S/c1-14(2)25(23,24)20-13-15-7-10-17(11-8-15)21-19-12-9-16-5-3-4-6-18(16)22-19/h3-6,9,12,14-15,17,20H,7-8,10-11,13H2,1-2H3,(H,21,22). The third-order valence-corrected chi connectivity index (χ3v) is 6.80. The Labute approximate surface area is 150 Å². The number of nitrogens with one attached hydrogen (secondary N) is 2. The van der Waals surface area contributed by atoms with E-state index in [0.717, 1.165) is 42.4 Å². The molecule has 1 fully saturated rings. The summed E-state index contributed by atoms with van der Waals surface area (Å²) in [6, 6.07) is 12.6. The molecule has 0 atom stereocenters. The lowest BCUT2D eigenvalue weighted by molar-refractivity contribution is 0.337. The molecule has 6 heteroatoms. The van der Waals surface area contributed by atoms with Crippen LogP contribution in [0.2, 0.25) is 0 Å². The van der Waals surface area contributed by atoms with Crippen LogP contribution < -0.4 is 10.0 Å². The van der Waals surface area contributed by atoms with Crippen LogP contribution in [0.1, 0.15) is 39.5 Å². The summed E-state index contributed by atoms with van der Waals surface area (Å²) in [6.07, 6.45) is 4.16. The topological polar surface area (TPSA) is 71.1 Å². The average molecular weight is 362 g/mol. The highest BCUT2D eigenvalue weighted by atomic mass is 32.2. The van der Waals surface area contributed by atoms with Crippen molar-refractivity contribution in [1.29, 1.82) is 0 Å². The zero-order valence-corrected chi connectivity index (χ0v) is 15.7. The van der Waals surface area contributed by atoms with Crippen LogP contribution in [-0.2, 0) is 10.0 Å². The van der Waals surface area contributed by atoms with E-state index in [1.165, 1.54) is 0 Å². The molecule has 0 saturated heterocycles. The van der Waals surface area contributed by atoms with Crippen LogP contribution in [-0.4, -0.2) is 31.2 Å². The number of fused-ring (bicyclic) bond motifs is 1. The van der Waals surface area contributed by atoms with Crippen LogP contribution in [0.3, 0.4) is 0 Å². The zero-order valence-electron chi connectivity index (χ0n) is 14.9. The normalized spacial score (nSPS) is 21.6. The Hall–Kier alpha value is -1.66. The van der Waals surface area contributed by atoms with Gasteiger partial charge in [0, 0.05) is 18.0 Å². The number of anilines is 1. The Morgan fingerprint density at radius 3 is 2.52 bits per heavy atom. The van der Waals surface area contributed by atoms with Crippen LogP contribution in [0, 0.1) is 5.92 Å². The number of nitrogens with zero attached hydrogens (tertiary/aromatic N) is 1. The van der Waals surface area contributed by atoms with E-state index in [1.54, 1.807) is 13.8 Å². The van der Waals surface area contributed by atoms with E-state index in [2.05, 4.69) is 27.2 Å². The van der Waals surface area contributed by atoms with Crippen molar-refractivity contribution >= 4 is 26.7 Å². The largest absolute Gasteiger partial charge is 0.367 e. The van der Waals surface area contributed by atoms with E-state index >= 15 is 0 Å². The van der Waals surface area contributed by atoms with Gasteiger partial charge in [-0.05, 0) is 63.6 Å². The predicted octanol–water partition coefficient (Wildman–Crippen LogP) is 3.53. The highest BCUT2D eigenvalue weighted by Crippen LogP contribution is 2.26. The number of benzene rings is 1. The van der Waals surface area contributed by atoms with Crippen LogP contribution in [0.4, 0.5) is 5.82 Å². The van der Waals surface area contributed by atoms with E-state index in [1.807, 2.05) is 24.3 Å². The van der Waals surface area contributed by atoms with Crippen molar-refractivity contribution in [2.75, 3.05) is 11.9 Å². The Balaban J connectivity index is 1.50. The highest BCUT2D eigenvalue weighted by molar-refractivity contribution is 7.90. The molecule has 0 spiro atoms. The number of aromatic nitrogens is 1. The molecular weight excluding hydrogens is 334 g/mol. The van der Waals surface area contributed by atoms with E-state index in [0.29, 0.717) is 18.5 Å². The van der Waals surface area contributed by atoms with Crippen LogP contribution in [0.5, 0.6) is 0 Å². The number of rotatable bonds is 6. The molecule has 0 radical (unpaired) electrons. The molecule has 2 N–H and O–H groups in total. The second kappa shape index (κ2) is 7.70. The number of sulfonamides is 1. The fraction of sp³-hybridized carbons (Fsp3) is 0.526. The lowest BCUT2D eigenvalue weighted by Gasteiger charge is -2.29. The average Bonchev–Trinajstić information content (AvgIpc) is 2.61. The van der Waals surface area contributed by atoms with Gasteiger partial charge >= 0.3 is 0 Å². The lowest BCUT2D eigenvalue weighted by Crippen LogP contribution is -2.37. The Morgan fingerprint density at radius 1 is 1.08 bits per heavy atom. The van der Waals surface area contributed by atoms with Gasteiger partial charge in [-0.15, -0.1) is 0 Å². The van der Waals surface area contributed by atoms with Gasteiger partial charge in [-0.3, -0.25) is 0 Å². The molecule has 5 nitrogen and oxygen atoms in total. The second-order valence-electron chi connectivity index (χ2n) is 7.19. The molecule has 1 aromatic heterocycles. The molecule has 1 aromatic carbocycles. The maximum Gasteiger partial charge on any atom is 0.213 e. The van der Waals surface area contributed by atoms with Gasteiger partial charge in [-0.25, -0.2) is 18.1 Å². The first-order chi connectivity index (χ1) is 11.9. The SMILES string of the molecule is CC(C)S(=O)(=O)NCC1CCC(Nc2ccc3ccccc3n2)CC1. The van der Waals surface area contributed by atoms with E-state index in [4.69, 9.17) is 0 Å². The quantitative estimate of drug-likeness (QED) is 0.826. The fourth-order valence-corrected chi connectivity index (χ4v) is 4.07. The molecule has 0 unspecified atom stereocenters. The van der Waals surface area contributed by atoms with Gasteiger partial charge in [-0.1, -0.05) is 18.2 Å². The van der Waals surface area contributed by atoms with E-state index in [-0.39, 0.29) is 5.25 Å². The molecule has 1 aliphatic carbocycles. The van der Waals surface area contributed by atoms with Crippen molar-refractivity contribution < 1.29 is 8.42 Å². The summed E-state index contributed by atoms with van der Waals surface area (Å²) in [5.74, 6) is 1.35. The molecule has 0 aliphatic heterocycles. The summed E-state index contributed by atoms with van der Waals surface area (Å²) >= 11 is 0. The molecule has 3 rings (SSSR count). The molecule has 0 amide bonds. The van der Waals surface area contributed by atoms with Gasteiger partial charge < -0.3 is 5.32 Å². The third kappa shape index (κ3) is 4.70. The molecule has 1 aliphatic rings. The maximum atomic E-state index is 11.9. The van der Waals surface area contributed by atoms with Crippen molar-refractivity contribution in [3.8, 4) is 0 Å². The van der Waals surface area contributed by atoms with Crippen LogP contribution in [0.15, 0.2) is 36.4 Å². The summed E-state index contributed by atoms with van der Waals surface area (Å²) < 4.78 is 26.5. The summed E-state index contributed by atoms with van der Waals surface area (Å²) in [5.41, 5.74) is 1.00. The Kier molecular flexibility index (Phi) is 5.59. The first kappa shape index (κ1) is 18.1. The van der Waals surface area contributed by atoms with Gasteiger partial charge in [0.1, 0.15) is 5.82 Å². The van der Waals surface area contributed by atoms with Gasteiger partial charge in [0.25, 0.3) is 0 Å². The number of para-hydroxylation sites is 1. The van der Waals surface area contributed by atoms with Crippen LogP contribution in [0.25, 0.3) is 10.9 Å². The number of hydrogen-bond donors (Lipinski definition) is 2. The lowest BCUT2D eigenvalue weighted by atomic mass is 9.86. The zero-order chi connectivity index (χ0) is 17.9. The third-order valence-electron chi connectivity index (χ3n) is 4.99. The van der Waals surface area contributed by atoms with Crippen LogP contribution >= 0.6 is 0 Å². The number of hydrogen-bond acceptors (Lipinski definition) is 4.